The highest BCUT2D eigenvalue weighted by Crippen LogP contribution is 2.32. The van der Waals surface area contributed by atoms with E-state index in [9.17, 15) is 4.79 Å². The zero-order chi connectivity index (χ0) is 14.0. The van der Waals surface area contributed by atoms with Gasteiger partial charge in [-0.2, -0.15) is 0 Å². The minimum Gasteiger partial charge on any atom is -0.371 e. The fraction of sp³-hybridized carbons (Fsp3) is 0.562. The van der Waals surface area contributed by atoms with Crippen LogP contribution < -0.4 is 4.90 Å². The molecule has 0 amide bonds. The predicted molar refractivity (Wildman–Crippen MR) is 84.0 cm³/mol. The molecule has 2 rings (SSSR count). The number of halogens is 1. The molecule has 0 atom stereocenters. The summed E-state index contributed by atoms with van der Waals surface area (Å²) in [5, 5.41) is 0. The van der Waals surface area contributed by atoms with E-state index in [2.05, 4.69) is 40.9 Å². The molecule has 0 bridgehead atoms. The molecule has 0 saturated heterocycles. The van der Waals surface area contributed by atoms with Crippen molar-refractivity contribution in [2.75, 3.05) is 11.9 Å². The average molecular weight is 324 g/mol. The van der Waals surface area contributed by atoms with Gasteiger partial charge in [0.2, 0.25) is 0 Å². The fourth-order valence-electron chi connectivity index (χ4n) is 2.92. The maximum atomic E-state index is 11.8. The zero-order valence-electron chi connectivity index (χ0n) is 11.9. The molecule has 0 aromatic heterocycles. The number of rotatable bonds is 3. The van der Waals surface area contributed by atoms with Crippen molar-refractivity contribution in [2.45, 2.75) is 45.6 Å². The second-order valence-corrected chi connectivity index (χ2v) is 6.66. The van der Waals surface area contributed by atoms with Crippen LogP contribution in [0.1, 0.15) is 49.9 Å². The van der Waals surface area contributed by atoms with Crippen molar-refractivity contribution >= 4 is 27.4 Å². The molecule has 104 valence electrons. The van der Waals surface area contributed by atoms with Crippen molar-refractivity contribution in [2.24, 2.45) is 5.92 Å². The summed E-state index contributed by atoms with van der Waals surface area (Å²) in [5.74, 6) is 0.981. The number of anilines is 1. The topological polar surface area (TPSA) is 20.3 Å². The Morgan fingerprint density at radius 2 is 1.89 bits per heavy atom. The van der Waals surface area contributed by atoms with E-state index < -0.39 is 0 Å². The molecule has 1 fully saturated rings. The lowest BCUT2D eigenvalue weighted by Crippen LogP contribution is -2.35. The fourth-order valence-corrected chi connectivity index (χ4v) is 3.29. The number of benzene rings is 1. The highest BCUT2D eigenvalue weighted by atomic mass is 79.9. The molecule has 2 nitrogen and oxygen atoms in total. The summed E-state index contributed by atoms with van der Waals surface area (Å²) in [5.41, 5.74) is 1.88. The van der Waals surface area contributed by atoms with E-state index in [0.717, 1.165) is 21.6 Å². The smallest absolute Gasteiger partial charge is 0.161 e. The van der Waals surface area contributed by atoms with Crippen molar-refractivity contribution in [3.05, 3.63) is 28.2 Å². The van der Waals surface area contributed by atoms with Gasteiger partial charge in [0.15, 0.2) is 5.78 Å². The number of carbonyl (C=O) groups excluding carboxylic acids is 1. The Balaban J connectivity index is 2.23. The van der Waals surface area contributed by atoms with Crippen LogP contribution in [0, 0.1) is 5.92 Å². The van der Waals surface area contributed by atoms with Crippen LogP contribution in [0.5, 0.6) is 0 Å². The monoisotopic (exact) mass is 323 g/mol. The van der Waals surface area contributed by atoms with E-state index in [4.69, 9.17) is 0 Å². The van der Waals surface area contributed by atoms with Gasteiger partial charge in [0.1, 0.15) is 0 Å². The molecular formula is C16H22BrNO. The van der Waals surface area contributed by atoms with E-state index in [1.54, 1.807) is 6.92 Å². The van der Waals surface area contributed by atoms with Crippen molar-refractivity contribution in [3.63, 3.8) is 0 Å². The molecule has 1 aliphatic rings. The zero-order valence-corrected chi connectivity index (χ0v) is 13.5. The number of carbonyl (C=O) groups is 1. The number of ketones is 1. The van der Waals surface area contributed by atoms with Gasteiger partial charge in [0, 0.05) is 28.8 Å². The van der Waals surface area contributed by atoms with Crippen molar-refractivity contribution in [1.82, 2.24) is 0 Å². The molecule has 1 aliphatic carbocycles. The van der Waals surface area contributed by atoms with Crippen LogP contribution in [0.4, 0.5) is 5.69 Å². The summed E-state index contributed by atoms with van der Waals surface area (Å²) in [6, 6.07) is 6.57. The minimum absolute atomic E-state index is 0.132. The molecule has 0 spiro atoms. The van der Waals surface area contributed by atoms with Gasteiger partial charge in [0.05, 0.1) is 0 Å². The van der Waals surface area contributed by atoms with Gasteiger partial charge in [-0.1, -0.05) is 22.9 Å². The van der Waals surface area contributed by atoms with Crippen LogP contribution in [0.2, 0.25) is 0 Å². The summed E-state index contributed by atoms with van der Waals surface area (Å²) < 4.78 is 0.965. The SMILES string of the molecule is CC(=O)c1cc(Br)ccc1N(C)C1CCC(C)CC1. The van der Waals surface area contributed by atoms with Crippen molar-refractivity contribution in [1.29, 1.82) is 0 Å². The largest absolute Gasteiger partial charge is 0.371 e. The van der Waals surface area contributed by atoms with E-state index in [1.807, 2.05) is 12.1 Å². The van der Waals surface area contributed by atoms with Crippen LogP contribution in [0.3, 0.4) is 0 Å². The Bertz CT molecular complexity index is 464. The third-order valence-corrected chi connectivity index (χ3v) is 4.74. The highest BCUT2D eigenvalue weighted by molar-refractivity contribution is 9.10. The standard InChI is InChI=1S/C16H22BrNO/c1-11-4-7-14(8-5-11)18(3)16-9-6-13(17)10-15(16)12(2)19/h6,9-11,14H,4-5,7-8H2,1-3H3. The molecular weight excluding hydrogens is 302 g/mol. The van der Waals surface area contributed by atoms with E-state index in [-0.39, 0.29) is 5.78 Å². The van der Waals surface area contributed by atoms with Crippen LogP contribution in [-0.4, -0.2) is 18.9 Å². The molecule has 0 unspecified atom stereocenters. The Morgan fingerprint density at radius 3 is 2.47 bits per heavy atom. The van der Waals surface area contributed by atoms with Crippen LogP contribution >= 0.6 is 15.9 Å². The second-order valence-electron chi connectivity index (χ2n) is 5.74. The van der Waals surface area contributed by atoms with E-state index >= 15 is 0 Å². The number of hydrogen-bond donors (Lipinski definition) is 0. The van der Waals surface area contributed by atoms with Gasteiger partial charge >= 0.3 is 0 Å². The lowest BCUT2D eigenvalue weighted by molar-refractivity contribution is 0.101. The lowest BCUT2D eigenvalue weighted by Gasteiger charge is -2.36. The van der Waals surface area contributed by atoms with Gasteiger partial charge in [-0.15, -0.1) is 0 Å². The summed E-state index contributed by atoms with van der Waals surface area (Å²) in [6.07, 6.45) is 5.04. The molecule has 3 heteroatoms. The first-order valence-electron chi connectivity index (χ1n) is 7.02. The van der Waals surface area contributed by atoms with Gasteiger partial charge in [-0.05, 0) is 56.7 Å². The Hall–Kier alpha value is -0.830. The molecule has 1 aromatic rings. The molecule has 0 radical (unpaired) electrons. The van der Waals surface area contributed by atoms with Gasteiger partial charge < -0.3 is 4.90 Å². The first-order chi connectivity index (χ1) is 8.99. The highest BCUT2D eigenvalue weighted by Gasteiger charge is 2.23. The number of nitrogens with zero attached hydrogens (tertiary/aromatic N) is 1. The Kier molecular flexibility index (Phi) is 4.67. The molecule has 19 heavy (non-hydrogen) atoms. The quantitative estimate of drug-likeness (QED) is 0.753. The maximum Gasteiger partial charge on any atom is 0.161 e. The molecule has 0 aliphatic heterocycles. The third kappa shape index (κ3) is 3.38. The Morgan fingerprint density at radius 1 is 1.26 bits per heavy atom. The van der Waals surface area contributed by atoms with Gasteiger partial charge in [0.25, 0.3) is 0 Å². The number of hydrogen-bond acceptors (Lipinski definition) is 2. The predicted octanol–water partition coefficient (Wildman–Crippen LogP) is 4.67. The van der Waals surface area contributed by atoms with Crippen molar-refractivity contribution < 1.29 is 4.79 Å². The average Bonchev–Trinajstić information content (AvgIpc) is 2.38. The molecule has 1 aromatic carbocycles. The lowest BCUT2D eigenvalue weighted by atomic mass is 9.86. The molecule has 0 heterocycles. The van der Waals surface area contributed by atoms with E-state index in [0.29, 0.717) is 6.04 Å². The first kappa shape index (κ1) is 14.6. The molecule has 1 saturated carbocycles. The summed E-state index contributed by atoms with van der Waals surface area (Å²) in [7, 11) is 2.12. The summed E-state index contributed by atoms with van der Waals surface area (Å²) in [6.45, 7) is 3.97. The maximum absolute atomic E-state index is 11.8. The first-order valence-corrected chi connectivity index (χ1v) is 7.81. The minimum atomic E-state index is 0.132. The second kappa shape index (κ2) is 6.08. The number of Topliss-reactive ketones (excluding diaryl/α,β-unsaturated/α-hetero) is 1. The Labute approximate surface area is 124 Å². The van der Waals surface area contributed by atoms with Gasteiger partial charge in [-0.25, -0.2) is 0 Å². The summed E-state index contributed by atoms with van der Waals surface area (Å²) in [4.78, 5) is 14.1. The van der Waals surface area contributed by atoms with Crippen molar-refractivity contribution in [3.8, 4) is 0 Å². The molecule has 0 N–H and O–H groups in total. The van der Waals surface area contributed by atoms with Gasteiger partial charge in [-0.3, -0.25) is 4.79 Å². The van der Waals surface area contributed by atoms with Crippen LogP contribution in [0.25, 0.3) is 0 Å². The van der Waals surface area contributed by atoms with E-state index in [1.165, 1.54) is 25.7 Å². The normalized spacial score (nSPS) is 23.2. The third-order valence-electron chi connectivity index (χ3n) is 4.25. The van der Waals surface area contributed by atoms with Crippen LogP contribution in [-0.2, 0) is 0 Å². The van der Waals surface area contributed by atoms with Crippen LogP contribution in [0.15, 0.2) is 22.7 Å². The summed E-state index contributed by atoms with van der Waals surface area (Å²) >= 11 is 3.45.